The minimum Gasteiger partial charge on any atom is -0.493 e. The number of rotatable bonds is 8. The lowest BCUT2D eigenvalue weighted by molar-refractivity contribution is 0.356. The quantitative estimate of drug-likeness (QED) is 0.578. The minimum absolute atomic E-state index is 0.723. The Morgan fingerprint density at radius 3 is 2.50 bits per heavy atom. The van der Waals surface area contributed by atoms with E-state index >= 15 is 0 Å². The van der Waals surface area contributed by atoms with Gasteiger partial charge in [0.15, 0.2) is 11.5 Å². The smallest absolute Gasteiger partial charge is 0.170 e. The van der Waals surface area contributed by atoms with Crippen LogP contribution in [0.2, 0.25) is 0 Å². The molecule has 0 aliphatic rings. The Kier molecular flexibility index (Phi) is 5.84. The standard InChI is InChI=1S/C22H28N2O2/c1-4-15-9-7-11-16-17(10-5-6-14-23)21(24-20(15)16)18-12-8-13-19(25-2)22(18)26-3/h7-9,11-13,24H,4-6,10,14,23H2,1-3H3. The van der Waals surface area contributed by atoms with Crippen LogP contribution in [0.15, 0.2) is 36.4 Å². The van der Waals surface area contributed by atoms with Crippen LogP contribution in [0.3, 0.4) is 0 Å². The summed E-state index contributed by atoms with van der Waals surface area (Å²) in [5.41, 5.74) is 11.7. The molecule has 3 N–H and O–H groups in total. The number of unbranched alkanes of at least 4 members (excludes halogenated alkanes) is 1. The van der Waals surface area contributed by atoms with Crippen molar-refractivity contribution in [2.24, 2.45) is 5.73 Å². The summed E-state index contributed by atoms with van der Waals surface area (Å²) in [5, 5.41) is 1.29. The Hall–Kier alpha value is -2.46. The van der Waals surface area contributed by atoms with E-state index in [0.717, 1.165) is 55.0 Å². The zero-order valence-electron chi connectivity index (χ0n) is 15.9. The highest BCUT2D eigenvalue weighted by molar-refractivity contribution is 5.94. The van der Waals surface area contributed by atoms with Crippen LogP contribution in [0.4, 0.5) is 0 Å². The van der Waals surface area contributed by atoms with Gasteiger partial charge in [-0.2, -0.15) is 0 Å². The monoisotopic (exact) mass is 352 g/mol. The SMILES string of the molecule is CCc1cccc2c(CCCCN)c(-c3cccc(OC)c3OC)[nH]c12. The van der Waals surface area contributed by atoms with Gasteiger partial charge in [-0.25, -0.2) is 0 Å². The summed E-state index contributed by atoms with van der Waals surface area (Å²) in [6.07, 6.45) is 4.07. The van der Waals surface area contributed by atoms with E-state index in [1.54, 1.807) is 14.2 Å². The number of nitrogens with two attached hydrogens (primary N) is 1. The van der Waals surface area contributed by atoms with E-state index < -0.39 is 0 Å². The highest BCUT2D eigenvalue weighted by atomic mass is 16.5. The molecule has 0 amide bonds. The Balaban J connectivity index is 2.23. The third-order valence-electron chi connectivity index (χ3n) is 4.96. The Labute approximate surface area is 155 Å². The minimum atomic E-state index is 0.723. The van der Waals surface area contributed by atoms with Crippen LogP contribution in [0.25, 0.3) is 22.2 Å². The molecule has 0 bridgehead atoms. The number of aromatic nitrogens is 1. The number of hydrogen-bond donors (Lipinski definition) is 2. The largest absolute Gasteiger partial charge is 0.493 e. The molecule has 138 valence electrons. The van der Waals surface area contributed by atoms with E-state index in [9.17, 15) is 0 Å². The Morgan fingerprint density at radius 1 is 1.00 bits per heavy atom. The number of ether oxygens (including phenoxy) is 2. The number of para-hydroxylation sites is 2. The van der Waals surface area contributed by atoms with Crippen LogP contribution in [0.1, 0.15) is 30.9 Å². The fourth-order valence-electron chi connectivity index (χ4n) is 3.65. The predicted molar refractivity (Wildman–Crippen MR) is 108 cm³/mol. The van der Waals surface area contributed by atoms with Crippen molar-refractivity contribution in [3.8, 4) is 22.8 Å². The maximum Gasteiger partial charge on any atom is 0.170 e. The average Bonchev–Trinajstić information content (AvgIpc) is 3.06. The fourth-order valence-corrected chi connectivity index (χ4v) is 3.65. The highest BCUT2D eigenvalue weighted by Crippen LogP contribution is 2.41. The first-order valence-corrected chi connectivity index (χ1v) is 9.29. The summed E-state index contributed by atoms with van der Waals surface area (Å²) < 4.78 is 11.2. The van der Waals surface area contributed by atoms with Crippen molar-refractivity contribution in [1.82, 2.24) is 4.98 Å². The van der Waals surface area contributed by atoms with Crippen LogP contribution in [0.5, 0.6) is 11.5 Å². The molecule has 0 radical (unpaired) electrons. The second-order valence-corrected chi connectivity index (χ2v) is 6.46. The summed E-state index contributed by atoms with van der Waals surface area (Å²) in [7, 11) is 3.36. The van der Waals surface area contributed by atoms with Crippen molar-refractivity contribution >= 4 is 10.9 Å². The molecular weight excluding hydrogens is 324 g/mol. The van der Waals surface area contributed by atoms with Crippen LogP contribution >= 0.6 is 0 Å². The summed E-state index contributed by atoms with van der Waals surface area (Å²) in [6.45, 7) is 2.91. The van der Waals surface area contributed by atoms with Crippen molar-refractivity contribution < 1.29 is 9.47 Å². The first kappa shape index (κ1) is 18.3. The molecule has 26 heavy (non-hydrogen) atoms. The molecular formula is C22H28N2O2. The molecule has 0 saturated carbocycles. The zero-order chi connectivity index (χ0) is 18.5. The van der Waals surface area contributed by atoms with Crippen molar-refractivity contribution in [2.45, 2.75) is 32.6 Å². The third-order valence-corrected chi connectivity index (χ3v) is 4.96. The van der Waals surface area contributed by atoms with Crippen LogP contribution in [-0.4, -0.2) is 25.7 Å². The molecule has 0 spiro atoms. The Morgan fingerprint density at radius 2 is 1.81 bits per heavy atom. The Bertz CT molecular complexity index is 883. The summed E-state index contributed by atoms with van der Waals surface area (Å²) in [5.74, 6) is 1.51. The van der Waals surface area contributed by atoms with E-state index in [1.165, 1.54) is 22.0 Å². The van der Waals surface area contributed by atoms with E-state index in [2.05, 4.69) is 36.2 Å². The molecule has 0 unspecified atom stereocenters. The lowest BCUT2D eigenvalue weighted by Crippen LogP contribution is -2.00. The van der Waals surface area contributed by atoms with Gasteiger partial charge in [0.05, 0.1) is 19.9 Å². The van der Waals surface area contributed by atoms with Gasteiger partial charge in [0.25, 0.3) is 0 Å². The van der Waals surface area contributed by atoms with Crippen molar-refractivity contribution in [2.75, 3.05) is 20.8 Å². The zero-order valence-corrected chi connectivity index (χ0v) is 15.9. The van der Waals surface area contributed by atoms with Crippen LogP contribution in [0, 0.1) is 0 Å². The van der Waals surface area contributed by atoms with Gasteiger partial charge in [-0.1, -0.05) is 31.2 Å². The number of benzene rings is 2. The van der Waals surface area contributed by atoms with Gasteiger partial charge in [-0.15, -0.1) is 0 Å². The number of aryl methyl sites for hydroxylation is 2. The van der Waals surface area contributed by atoms with Gasteiger partial charge in [0.2, 0.25) is 0 Å². The molecule has 0 atom stereocenters. The van der Waals surface area contributed by atoms with Gasteiger partial charge >= 0.3 is 0 Å². The maximum absolute atomic E-state index is 5.71. The summed E-state index contributed by atoms with van der Waals surface area (Å²) >= 11 is 0. The first-order valence-electron chi connectivity index (χ1n) is 9.29. The lowest BCUT2D eigenvalue weighted by atomic mass is 9.98. The fraction of sp³-hybridized carbons (Fsp3) is 0.364. The maximum atomic E-state index is 5.71. The highest BCUT2D eigenvalue weighted by Gasteiger charge is 2.19. The van der Waals surface area contributed by atoms with Crippen LogP contribution < -0.4 is 15.2 Å². The number of H-pyrrole nitrogens is 1. The topological polar surface area (TPSA) is 60.3 Å². The number of hydrogen-bond acceptors (Lipinski definition) is 3. The van der Waals surface area contributed by atoms with Crippen molar-refractivity contribution in [1.29, 1.82) is 0 Å². The van der Waals surface area contributed by atoms with Crippen molar-refractivity contribution in [3.05, 3.63) is 47.5 Å². The third kappa shape index (κ3) is 3.29. The molecule has 2 aromatic carbocycles. The molecule has 0 aliphatic carbocycles. The predicted octanol–water partition coefficient (Wildman–Crippen LogP) is 4.70. The van der Waals surface area contributed by atoms with Crippen LogP contribution in [-0.2, 0) is 12.8 Å². The second kappa shape index (κ2) is 8.28. The molecule has 3 rings (SSSR count). The molecule has 4 heteroatoms. The number of fused-ring (bicyclic) bond motifs is 1. The molecule has 1 heterocycles. The van der Waals surface area contributed by atoms with Gasteiger partial charge in [-0.3, -0.25) is 0 Å². The molecule has 0 aliphatic heterocycles. The molecule has 1 aromatic heterocycles. The molecule has 0 saturated heterocycles. The van der Waals surface area contributed by atoms with Gasteiger partial charge in [-0.05, 0) is 55.5 Å². The van der Waals surface area contributed by atoms with E-state index in [-0.39, 0.29) is 0 Å². The summed E-state index contributed by atoms with van der Waals surface area (Å²) in [4.78, 5) is 3.69. The van der Waals surface area contributed by atoms with Crippen molar-refractivity contribution in [3.63, 3.8) is 0 Å². The molecule has 4 nitrogen and oxygen atoms in total. The normalized spacial score (nSPS) is 11.1. The number of methoxy groups -OCH3 is 2. The van der Waals surface area contributed by atoms with Gasteiger partial charge < -0.3 is 20.2 Å². The molecule has 0 fully saturated rings. The number of aromatic amines is 1. The van der Waals surface area contributed by atoms with E-state index in [4.69, 9.17) is 15.2 Å². The second-order valence-electron chi connectivity index (χ2n) is 6.46. The average molecular weight is 352 g/mol. The van der Waals surface area contributed by atoms with E-state index in [1.807, 2.05) is 12.1 Å². The number of nitrogens with one attached hydrogen (secondary N) is 1. The molecule has 3 aromatic rings. The van der Waals surface area contributed by atoms with Gasteiger partial charge in [0.1, 0.15) is 0 Å². The van der Waals surface area contributed by atoms with E-state index in [0.29, 0.717) is 0 Å². The first-order chi connectivity index (χ1) is 12.7. The lowest BCUT2D eigenvalue weighted by Gasteiger charge is -2.13. The summed E-state index contributed by atoms with van der Waals surface area (Å²) in [6, 6.07) is 12.6. The van der Waals surface area contributed by atoms with Gasteiger partial charge in [0, 0.05) is 16.5 Å².